The molecule has 1 N–H and O–H groups in total. The van der Waals surface area contributed by atoms with E-state index in [0.29, 0.717) is 11.8 Å². The van der Waals surface area contributed by atoms with Crippen LogP contribution in [0.15, 0.2) is 30.5 Å². The zero-order chi connectivity index (χ0) is 16.7. The molecule has 4 nitrogen and oxygen atoms in total. The van der Waals surface area contributed by atoms with Gasteiger partial charge < -0.3 is 9.84 Å². The maximum Gasteiger partial charge on any atom is 0.119 e. The van der Waals surface area contributed by atoms with Crippen molar-refractivity contribution in [2.45, 2.75) is 25.0 Å². The van der Waals surface area contributed by atoms with Gasteiger partial charge in [0.25, 0.3) is 0 Å². The molecule has 2 bridgehead atoms. The monoisotopic (exact) mass is 322 g/mol. The lowest BCUT2D eigenvalue weighted by molar-refractivity contribution is -0.0425. The van der Waals surface area contributed by atoms with Crippen molar-refractivity contribution in [2.24, 2.45) is 11.8 Å². The van der Waals surface area contributed by atoms with Gasteiger partial charge in [-0.3, -0.25) is 9.88 Å². The Morgan fingerprint density at radius 3 is 3.00 bits per heavy atom. The Kier molecular flexibility index (Phi) is 3.91. The summed E-state index contributed by atoms with van der Waals surface area (Å²) in [5, 5.41) is 12.1. The van der Waals surface area contributed by atoms with Crippen molar-refractivity contribution in [3.63, 3.8) is 0 Å². The Morgan fingerprint density at radius 1 is 1.42 bits per heavy atom. The number of fused-ring (bicyclic) bond motifs is 4. The number of hydrogen-bond donors (Lipinski definition) is 1. The summed E-state index contributed by atoms with van der Waals surface area (Å²) in [5.74, 6) is 4.57. The molecule has 3 fully saturated rings. The molecule has 1 aromatic carbocycles. The molecule has 0 aliphatic carbocycles. The van der Waals surface area contributed by atoms with Gasteiger partial charge in [-0.1, -0.05) is 0 Å². The number of ether oxygens (including phenoxy) is 1. The van der Waals surface area contributed by atoms with Crippen LogP contribution in [0.5, 0.6) is 5.75 Å². The molecule has 24 heavy (non-hydrogen) atoms. The zero-order valence-electron chi connectivity index (χ0n) is 13.9. The molecule has 3 aliphatic rings. The van der Waals surface area contributed by atoms with Crippen molar-refractivity contribution in [1.82, 2.24) is 9.88 Å². The number of hydrogen-bond acceptors (Lipinski definition) is 4. The number of benzene rings is 1. The van der Waals surface area contributed by atoms with Gasteiger partial charge in [0.1, 0.15) is 5.75 Å². The van der Waals surface area contributed by atoms with Gasteiger partial charge in [0.2, 0.25) is 0 Å². The number of aromatic nitrogens is 1. The Labute approximate surface area is 142 Å². The molecule has 3 saturated heterocycles. The first-order chi connectivity index (χ1) is 11.7. The first kappa shape index (κ1) is 15.4. The zero-order valence-corrected chi connectivity index (χ0v) is 13.9. The van der Waals surface area contributed by atoms with Crippen LogP contribution in [0.2, 0.25) is 0 Å². The van der Waals surface area contributed by atoms with E-state index >= 15 is 0 Å². The highest BCUT2D eigenvalue weighted by Gasteiger charge is 2.42. The van der Waals surface area contributed by atoms with Crippen LogP contribution in [0.25, 0.3) is 10.9 Å². The number of piperidine rings is 3. The van der Waals surface area contributed by atoms with Crippen LogP contribution >= 0.6 is 0 Å². The summed E-state index contributed by atoms with van der Waals surface area (Å²) in [6, 6.07) is 7.85. The average molecular weight is 322 g/mol. The number of aliphatic hydroxyl groups is 1. The van der Waals surface area contributed by atoms with Crippen LogP contribution in [0.3, 0.4) is 0 Å². The summed E-state index contributed by atoms with van der Waals surface area (Å²) >= 11 is 0. The summed E-state index contributed by atoms with van der Waals surface area (Å²) in [6.07, 6.45) is 9.01. The first-order valence-corrected chi connectivity index (χ1v) is 8.52. The van der Waals surface area contributed by atoms with E-state index in [-0.39, 0.29) is 6.04 Å². The summed E-state index contributed by atoms with van der Waals surface area (Å²) in [4.78, 5) is 6.77. The lowest BCUT2D eigenvalue weighted by Gasteiger charge is -2.50. The molecule has 4 heteroatoms. The lowest BCUT2D eigenvalue weighted by Crippen LogP contribution is -2.55. The molecular weight excluding hydrogens is 300 g/mol. The summed E-state index contributed by atoms with van der Waals surface area (Å²) in [6.45, 7) is 1.92. The quantitative estimate of drug-likeness (QED) is 0.883. The fraction of sp³-hybridized carbons (Fsp3) is 0.450. The lowest BCUT2D eigenvalue weighted by atomic mass is 9.74. The Hall–Kier alpha value is -2.09. The van der Waals surface area contributed by atoms with Gasteiger partial charge >= 0.3 is 0 Å². The van der Waals surface area contributed by atoms with Crippen molar-refractivity contribution in [1.29, 1.82) is 0 Å². The molecule has 2 aromatic rings. The van der Waals surface area contributed by atoms with Crippen molar-refractivity contribution in [2.75, 3.05) is 20.2 Å². The third-order valence-corrected chi connectivity index (χ3v) is 5.68. The molecule has 1 aromatic heterocycles. The molecule has 1 unspecified atom stereocenters. The number of rotatable bonds is 3. The third-order valence-electron chi connectivity index (χ3n) is 5.68. The summed E-state index contributed by atoms with van der Waals surface area (Å²) < 4.78 is 5.34. The summed E-state index contributed by atoms with van der Waals surface area (Å²) in [7, 11) is 1.65. The second-order valence-corrected chi connectivity index (χ2v) is 6.85. The fourth-order valence-electron chi connectivity index (χ4n) is 4.32. The number of aliphatic hydroxyl groups excluding tert-OH is 1. The molecule has 5 atom stereocenters. The van der Waals surface area contributed by atoms with Crippen LogP contribution in [0, 0.1) is 24.2 Å². The minimum absolute atomic E-state index is 0.130. The predicted octanol–water partition coefficient (Wildman–Crippen LogP) is 2.62. The average Bonchev–Trinajstić information content (AvgIpc) is 2.66. The van der Waals surface area contributed by atoms with E-state index in [2.05, 4.69) is 15.8 Å². The topological polar surface area (TPSA) is 45.6 Å². The van der Waals surface area contributed by atoms with E-state index in [0.717, 1.165) is 48.1 Å². The number of methoxy groups -OCH3 is 1. The Morgan fingerprint density at radius 2 is 2.29 bits per heavy atom. The predicted molar refractivity (Wildman–Crippen MR) is 93.7 cm³/mol. The molecule has 0 spiro atoms. The Balaban J connectivity index is 1.69. The number of terminal acetylenes is 1. The van der Waals surface area contributed by atoms with Crippen LogP contribution in [0.4, 0.5) is 0 Å². The van der Waals surface area contributed by atoms with Crippen molar-refractivity contribution < 1.29 is 9.84 Å². The van der Waals surface area contributed by atoms with Crippen molar-refractivity contribution in [3.8, 4) is 18.1 Å². The molecule has 0 saturated carbocycles. The smallest absolute Gasteiger partial charge is 0.119 e. The first-order valence-electron chi connectivity index (χ1n) is 8.52. The van der Waals surface area contributed by atoms with E-state index in [1.165, 1.54) is 0 Å². The molecule has 3 aliphatic heterocycles. The van der Waals surface area contributed by atoms with E-state index in [1.54, 1.807) is 13.3 Å². The minimum Gasteiger partial charge on any atom is -0.497 e. The third kappa shape index (κ3) is 2.45. The molecular formula is C20H22N2O2. The van der Waals surface area contributed by atoms with E-state index in [4.69, 9.17) is 11.2 Å². The standard InChI is InChI=1S/C20H22N2O2/c1-3-13-12-22-9-7-14(13)10-19(22)20(23)16-6-8-21-18-5-4-15(24-2)11-17(16)18/h1,4-6,8,11,13-14,19-20,23H,7,9-10,12H2,2H3/t13-,14-,19-,20+/m0/s1. The van der Waals surface area contributed by atoms with Gasteiger partial charge in [-0.05, 0) is 55.1 Å². The second kappa shape index (κ2) is 6.08. The Bertz CT molecular complexity index is 798. The van der Waals surface area contributed by atoms with Gasteiger partial charge in [-0.2, -0.15) is 0 Å². The van der Waals surface area contributed by atoms with E-state index in [1.807, 2.05) is 24.3 Å². The van der Waals surface area contributed by atoms with Gasteiger partial charge in [0, 0.05) is 30.1 Å². The highest BCUT2D eigenvalue weighted by atomic mass is 16.5. The number of pyridine rings is 1. The highest BCUT2D eigenvalue weighted by Crippen LogP contribution is 2.41. The molecule has 0 radical (unpaired) electrons. The molecule has 4 heterocycles. The molecule has 0 amide bonds. The highest BCUT2D eigenvalue weighted by molar-refractivity contribution is 5.83. The van der Waals surface area contributed by atoms with Gasteiger partial charge in [0.15, 0.2) is 0 Å². The van der Waals surface area contributed by atoms with Crippen LogP contribution in [0.1, 0.15) is 24.5 Å². The van der Waals surface area contributed by atoms with Crippen LogP contribution < -0.4 is 4.74 Å². The van der Waals surface area contributed by atoms with Crippen molar-refractivity contribution in [3.05, 3.63) is 36.0 Å². The van der Waals surface area contributed by atoms with Gasteiger partial charge in [-0.15, -0.1) is 12.3 Å². The van der Waals surface area contributed by atoms with Gasteiger partial charge in [-0.25, -0.2) is 0 Å². The SMILES string of the molecule is C#C[C@H]1CN2CC[C@H]1C[C@H]2[C@H](O)c1ccnc2ccc(OC)cc12. The maximum absolute atomic E-state index is 11.1. The molecule has 5 rings (SSSR count). The van der Waals surface area contributed by atoms with E-state index < -0.39 is 6.10 Å². The second-order valence-electron chi connectivity index (χ2n) is 6.85. The fourth-order valence-corrected chi connectivity index (χ4v) is 4.32. The minimum atomic E-state index is -0.538. The van der Waals surface area contributed by atoms with Gasteiger partial charge in [0.05, 0.1) is 18.7 Å². The van der Waals surface area contributed by atoms with E-state index in [9.17, 15) is 5.11 Å². The maximum atomic E-state index is 11.1. The number of nitrogens with zero attached hydrogens (tertiary/aromatic N) is 2. The van der Waals surface area contributed by atoms with Crippen LogP contribution in [-0.4, -0.2) is 41.2 Å². The van der Waals surface area contributed by atoms with Crippen LogP contribution in [-0.2, 0) is 0 Å². The normalized spacial score (nSPS) is 30.0. The molecule has 124 valence electrons. The largest absolute Gasteiger partial charge is 0.497 e. The summed E-state index contributed by atoms with van der Waals surface area (Å²) in [5.41, 5.74) is 1.80. The van der Waals surface area contributed by atoms with Crippen molar-refractivity contribution >= 4 is 10.9 Å².